The summed E-state index contributed by atoms with van der Waals surface area (Å²) in [7, 11) is 0. The lowest BCUT2D eigenvalue weighted by atomic mass is 10.4. The normalized spacial score (nSPS) is 12.9. The summed E-state index contributed by atoms with van der Waals surface area (Å²) in [5.41, 5.74) is 5.65. The third-order valence-corrected chi connectivity index (χ3v) is 3.65. The average molecular weight is 246 g/mol. The minimum Gasteiger partial charge on any atom is -0.327 e. The third kappa shape index (κ3) is 3.17. The van der Waals surface area contributed by atoms with Gasteiger partial charge in [-0.15, -0.1) is 11.8 Å². The Balaban J connectivity index is 2.57. The lowest BCUT2D eigenvalue weighted by Gasteiger charge is -2.05. The van der Waals surface area contributed by atoms with Gasteiger partial charge >= 0.3 is 0 Å². The van der Waals surface area contributed by atoms with Crippen LogP contribution in [0.1, 0.15) is 6.92 Å². The quantitative estimate of drug-likeness (QED) is 0.830. The molecule has 3 heteroatoms. The van der Waals surface area contributed by atoms with Crippen LogP contribution in [0.4, 0.5) is 0 Å². The molecule has 1 nitrogen and oxygen atoms in total. The van der Waals surface area contributed by atoms with Crippen LogP contribution in [0.3, 0.4) is 0 Å². The van der Waals surface area contributed by atoms with Gasteiger partial charge in [-0.1, -0.05) is 12.1 Å². The molecule has 0 amide bonds. The Labute approximate surface area is 85.9 Å². The fourth-order valence-corrected chi connectivity index (χ4v) is 2.23. The van der Waals surface area contributed by atoms with Crippen molar-refractivity contribution in [2.45, 2.75) is 17.9 Å². The largest absolute Gasteiger partial charge is 0.327 e. The minimum atomic E-state index is 0.252. The number of rotatable bonds is 3. The first-order chi connectivity index (χ1) is 5.70. The van der Waals surface area contributed by atoms with E-state index >= 15 is 0 Å². The summed E-state index contributed by atoms with van der Waals surface area (Å²) < 4.78 is 1.15. The molecule has 0 aromatic heterocycles. The van der Waals surface area contributed by atoms with Gasteiger partial charge in [0, 0.05) is 21.2 Å². The summed E-state index contributed by atoms with van der Waals surface area (Å²) in [5.74, 6) is 0.961. The van der Waals surface area contributed by atoms with E-state index in [2.05, 4.69) is 22.0 Å². The van der Waals surface area contributed by atoms with Gasteiger partial charge < -0.3 is 5.73 Å². The molecule has 12 heavy (non-hydrogen) atoms. The van der Waals surface area contributed by atoms with E-state index in [0.29, 0.717) is 0 Å². The van der Waals surface area contributed by atoms with Gasteiger partial charge in [0.15, 0.2) is 0 Å². The summed E-state index contributed by atoms with van der Waals surface area (Å²) in [6.07, 6.45) is 0. The highest BCUT2D eigenvalue weighted by molar-refractivity contribution is 9.10. The fraction of sp³-hybridized carbons (Fsp3) is 0.333. The first kappa shape index (κ1) is 10.1. The fourth-order valence-electron chi connectivity index (χ4n) is 0.783. The molecule has 0 fully saturated rings. The third-order valence-electron chi connectivity index (χ3n) is 1.34. The van der Waals surface area contributed by atoms with Crippen LogP contribution < -0.4 is 5.73 Å². The Hall–Kier alpha value is 0.01000. The first-order valence-electron chi connectivity index (χ1n) is 3.83. The number of hydrogen-bond donors (Lipinski definition) is 1. The van der Waals surface area contributed by atoms with E-state index in [1.54, 1.807) is 11.8 Å². The van der Waals surface area contributed by atoms with Gasteiger partial charge in [0.05, 0.1) is 0 Å². The Morgan fingerprint density at radius 1 is 1.50 bits per heavy atom. The Kier molecular flexibility index (Phi) is 4.12. The molecular formula is C9H12BrNS. The molecule has 0 saturated carbocycles. The van der Waals surface area contributed by atoms with Crippen LogP contribution in [-0.4, -0.2) is 11.8 Å². The van der Waals surface area contributed by atoms with Crippen molar-refractivity contribution in [3.05, 3.63) is 28.7 Å². The van der Waals surface area contributed by atoms with E-state index in [0.717, 1.165) is 10.2 Å². The van der Waals surface area contributed by atoms with Gasteiger partial charge in [-0.05, 0) is 35.0 Å². The van der Waals surface area contributed by atoms with Crippen molar-refractivity contribution in [1.29, 1.82) is 0 Å². The lowest BCUT2D eigenvalue weighted by Crippen LogP contribution is -2.17. The molecule has 0 spiro atoms. The molecule has 0 saturated heterocycles. The van der Waals surface area contributed by atoms with Crippen LogP contribution in [0, 0.1) is 0 Å². The zero-order chi connectivity index (χ0) is 8.97. The molecule has 1 aromatic rings. The maximum atomic E-state index is 5.65. The molecule has 1 rings (SSSR count). The van der Waals surface area contributed by atoms with Crippen molar-refractivity contribution in [3.8, 4) is 0 Å². The van der Waals surface area contributed by atoms with Crippen LogP contribution in [0.5, 0.6) is 0 Å². The number of nitrogens with two attached hydrogens (primary N) is 1. The zero-order valence-electron chi connectivity index (χ0n) is 6.96. The molecule has 0 radical (unpaired) electrons. The zero-order valence-corrected chi connectivity index (χ0v) is 9.36. The van der Waals surface area contributed by atoms with Crippen molar-refractivity contribution in [1.82, 2.24) is 0 Å². The summed E-state index contributed by atoms with van der Waals surface area (Å²) in [4.78, 5) is 1.26. The van der Waals surface area contributed by atoms with Crippen LogP contribution >= 0.6 is 27.7 Å². The highest BCUT2D eigenvalue weighted by Crippen LogP contribution is 2.26. The standard InChI is InChI=1S/C9H12BrNS/c1-7(11)6-12-9-5-3-2-4-8(9)10/h2-5,7H,6,11H2,1H3/t7-/m1/s1. The second-order valence-electron chi connectivity index (χ2n) is 2.72. The highest BCUT2D eigenvalue weighted by Gasteiger charge is 2.00. The van der Waals surface area contributed by atoms with Crippen molar-refractivity contribution in [2.24, 2.45) is 5.73 Å². The van der Waals surface area contributed by atoms with Crippen LogP contribution in [-0.2, 0) is 0 Å². The monoisotopic (exact) mass is 245 g/mol. The van der Waals surface area contributed by atoms with Crippen LogP contribution in [0.25, 0.3) is 0 Å². The predicted octanol–water partition coefficient (Wildman–Crippen LogP) is 2.89. The average Bonchev–Trinajstić information content (AvgIpc) is 2.03. The van der Waals surface area contributed by atoms with Crippen molar-refractivity contribution in [2.75, 3.05) is 5.75 Å². The number of hydrogen-bond acceptors (Lipinski definition) is 2. The molecule has 1 aromatic carbocycles. The van der Waals surface area contributed by atoms with Gasteiger partial charge in [-0.25, -0.2) is 0 Å². The number of halogens is 1. The lowest BCUT2D eigenvalue weighted by molar-refractivity contribution is 0.847. The van der Waals surface area contributed by atoms with E-state index in [-0.39, 0.29) is 6.04 Å². The van der Waals surface area contributed by atoms with E-state index in [4.69, 9.17) is 5.73 Å². The van der Waals surface area contributed by atoms with E-state index < -0.39 is 0 Å². The second-order valence-corrected chi connectivity index (χ2v) is 4.63. The van der Waals surface area contributed by atoms with E-state index in [1.165, 1.54) is 4.90 Å². The van der Waals surface area contributed by atoms with Gasteiger partial charge in [0.1, 0.15) is 0 Å². The first-order valence-corrected chi connectivity index (χ1v) is 5.61. The highest BCUT2D eigenvalue weighted by atomic mass is 79.9. The van der Waals surface area contributed by atoms with E-state index in [1.807, 2.05) is 25.1 Å². The van der Waals surface area contributed by atoms with Crippen molar-refractivity contribution >= 4 is 27.7 Å². The summed E-state index contributed by atoms with van der Waals surface area (Å²) in [5, 5.41) is 0. The molecule has 0 heterocycles. The summed E-state index contributed by atoms with van der Waals surface area (Å²) in [6, 6.07) is 8.44. The maximum absolute atomic E-state index is 5.65. The van der Waals surface area contributed by atoms with Crippen molar-refractivity contribution < 1.29 is 0 Å². The second kappa shape index (κ2) is 4.90. The Morgan fingerprint density at radius 2 is 2.17 bits per heavy atom. The van der Waals surface area contributed by atoms with Crippen LogP contribution in [0.2, 0.25) is 0 Å². The molecule has 66 valence electrons. The number of benzene rings is 1. The number of thioether (sulfide) groups is 1. The molecule has 0 aliphatic heterocycles. The minimum absolute atomic E-state index is 0.252. The smallest absolute Gasteiger partial charge is 0.0311 e. The summed E-state index contributed by atoms with van der Waals surface area (Å²) in [6.45, 7) is 2.02. The molecule has 0 aliphatic rings. The van der Waals surface area contributed by atoms with Gasteiger partial charge in [0.2, 0.25) is 0 Å². The molecule has 0 aliphatic carbocycles. The van der Waals surface area contributed by atoms with Gasteiger partial charge in [-0.2, -0.15) is 0 Å². The maximum Gasteiger partial charge on any atom is 0.0311 e. The SMILES string of the molecule is C[C@@H](N)CSc1ccccc1Br. The predicted molar refractivity (Wildman–Crippen MR) is 58.5 cm³/mol. The Morgan fingerprint density at radius 3 is 2.75 bits per heavy atom. The van der Waals surface area contributed by atoms with Gasteiger partial charge in [0.25, 0.3) is 0 Å². The molecule has 1 atom stereocenters. The van der Waals surface area contributed by atoms with Gasteiger partial charge in [-0.3, -0.25) is 0 Å². The van der Waals surface area contributed by atoms with Crippen molar-refractivity contribution in [3.63, 3.8) is 0 Å². The van der Waals surface area contributed by atoms with Crippen LogP contribution in [0.15, 0.2) is 33.6 Å². The molecule has 2 N–H and O–H groups in total. The molecular weight excluding hydrogens is 234 g/mol. The molecule has 0 unspecified atom stereocenters. The topological polar surface area (TPSA) is 26.0 Å². The summed E-state index contributed by atoms with van der Waals surface area (Å²) >= 11 is 5.27. The Bertz CT molecular complexity index is 250. The molecule has 0 bridgehead atoms. The van der Waals surface area contributed by atoms with E-state index in [9.17, 15) is 0 Å².